The van der Waals surface area contributed by atoms with Crippen molar-refractivity contribution in [2.75, 3.05) is 6.61 Å². The van der Waals surface area contributed by atoms with Crippen LogP contribution in [0.2, 0.25) is 0 Å². The summed E-state index contributed by atoms with van der Waals surface area (Å²) in [6.45, 7) is 5.53. The van der Waals surface area contributed by atoms with Gasteiger partial charge in [-0.1, -0.05) is 30.3 Å². The molecule has 2 unspecified atom stereocenters. The fourth-order valence-corrected chi connectivity index (χ4v) is 1.85. The predicted molar refractivity (Wildman–Crippen MR) is 73.7 cm³/mol. The van der Waals surface area contributed by atoms with E-state index in [0.717, 1.165) is 5.56 Å². The smallest absolute Gasteiger partial charge is 0.307 e. The van der Waals surface area contributed by atoms with E-state index in [-0.39, 0.29) is 24.2 Å². The van der Waals surface area contributed by atoms with E-state index in [4.69, 9.17) is 4.74 Å². The Morgan fingerprint density at radius 3 is 2.42 bits per heavy atom. The Labute approximate surface area is 114 Å². The lowest BCUT2D eigenvalue weighted by atomic mass is 10.0. The van der Waals surface area contributed by atoms with E-state index in [1.54, 1.807) is 6.92 Å². The molecule has 0 radical (unpaired) electrons. The van der Waals surface area contributed by atoms with Crippen LogP contribution in [0.4, 0.5) is 0 Å². The van der Waals surface area contributed by atoms with E-state index >= 15 is 0 Å². The summed E-state index contributed by atoms with van der Waals surface area (Å²) in [5, 5.41) is 3.17. The van der Waals surface area contributed by atoms with Crippen molar-refractivity contribution in [3.05, 3.63) is 35.9 Å². The second kappa shape index (κ2) is 7.69. The average molecular weight is 263 g/mol. The van der Waals surface area contributed by atoms with Crippen LogP contribution in [-0.4, -0.2) is 24.4 Å². The average Bonchev–Trinajstić information content (AvgIpc) is 2.39. The summed E-state index contributed by atoms with van der Waals surface area (Å²) < 4.78 is 4.88. The van der Waals surface area contributed by atoms with E-state index in [1.807, 2.05) is 37.3 Å². The molecular formula is C15H21NO3. The fourth-order valence-electron chi connectivity index (χ4n) is 1.85. The zero-order chi connectivity index (χ0) is 14.3. The van der Waals surface area contributed by atoms with E-state index in [9.17, 15) is 9.59 Å². The number of Topliss-reactive ketones (excluding diaryl/α,β-unsaturated/α-hetero) is 1. The van der Waals surface area contributed by atoms with Gasteiger partial charge in [-0.15, -0.1) is 0 Å². The predicted octanol–water partition coefficient (Wildman–Crippen LogP) is 2.25. The second-order valence-corrected chi connectivity index (χ2v) is 4.47. The number of carbonyl (C=O) groups excluding carboxylic acids is 2. The maximum Gasteiger partial charge on any atom is 0.307 e. The zero-order valence-electron chi connectivity index (χ0n) is 11.7. The number of rotatable bonds is 7. The molecule has 0 aliphatic heterocycles. The highest BCUT2D eigenvalue weighted by atomic mass is 16.5. The van der Waals surface area contributed by atoms with Crippen LogP contribution in [-0.2, 0) is 14.3 Å². The van der Waals surface area contributed by atoms with Gasteiger partial charge in [-0.25, -0.2) is 0 Å². The summed E-state index contributed by atoms with van der Waals surface area (Å²) in [6.07, 6.45) is 0.0698. The third-order valence-corrected chi connectivity index (χ3v) is 2.92. The molecule has 1 rings (SSSR count). The topological polar surface area (TPSA) is 55.4 Å². The van der Waals surface area contributed by atoms with Crippen LogP contribution in [0.5, 0.6) is 0 Å². The van der Waals surface area contributed by atoms with Crippen molar-refractivity contribution >= 4 is 11.8 Å². The van der Waals surface area contributed by atoms with Gasteiger partial charge in [0.1, 0.15) is 5.78 Å². The Morgan fingerprint density at radius 1 is 1.26 bits per heavy atom. The molecule has 104 valence electrons. The van der Waals surface area contributed by atoms with E-state index in [2.05, 4.69) is 5.32 Å². The Bertz CT molecular complexity index is 417. The maximum absolute atomic E-state index is 11.6. The molecule has 0 aliphatic rings. The number of ketones is 1. The molecule has 0 aliphatic carbocycles. The van der Waals surface area contributed by atoms with E-state index in [1.165, 1.54) is 6.92 Å². The molecule has 0 amide bonds. The van der Waals surface area contributed by atoms with Crippen LogP contribution in [0.3, 0.4) is 0 Å². The van der Waals surface area contributed by atoms with Crippen molar-refractivity contribution in [3.63, 3.8) is 0 Å². The van der Waals surface area contributed by atoms with Crippen molar-refractivity contribution in [2.24, 2.45) is 0 Å². The van der Waals surface area contributed by atoms with Gasteiger partial charge in [0.05, 0.1) is 19.1 Å². The molecule has 19 heavy (non-hydrogen) atoms. The molecule has 0 spiro atoms. The quantitative estimate of drug-likeness (QED) is 0.767. The monoisotopic (exact) mass is 263 g/mol. The Morgan fingerprint density at radius 2 is 1.89 bits per heavy atom. The number of hydrogen-bond acceptors (Lipinski definition) is 4. The van der Waals surface area contributed by atoms with Crippen LogP contribution in [0, 0.1) is 0 Å². The largest absolute Gasteiger partial charge is 0.466 e. The summed E-state index contributed by atoms with van der Waals surface area (Å²) in [5.41, 5.74) is 1.08. The molecule has 0 saturated carbocycles. The molecule has 1 N–H and O–H groups in total. The normalized spacial score (nSPS) is 13.6. The van der Waals surface area contributed by atoms with Crippen LogP contribution < -0.4 is 5.32 Å². The Balaban J connectivity index is 2.63. The van der Waals surface area contributed by atoms with Gasteiger partial charge in [-0.05, 0) is 26.3 Å². The molecule has 2 atom stereocenters. The SMILES string of the molecule is CCOC(=O)CC(NC(C)c1ccccc1)C(C)=O. The summed E-state index contributed by atoms with van der Waals surface area (Å²) in [6, 6.07) is 9.30. The first-order chi connectivity index (χ1) is 9.04. The first-order valence-electron chi connectivity index (χ1n) is 6.51. The molecule has 0 saturated heterocycles. The third-order valence-electron chi connectivity index (χ3n) is 2.92. The number of benzene rings is 1. The third kappa shape index (κ3) is 5.22. The van der Waals surface area contributed by atoms with Crippen molar-refractivity contribution in [1.82, 2.24) is 5.32 Å². The molecule has 0 bridgehead atoms. The van der Waals surface area contributed by atoms with Crippen molar-refractivity contribution in [3.8, 4) is 0 Å². The Kier molecular flexibility index (Phi) is 6.22. The molecule has 1 aromatic carbocycles. The van der Waals surface area contributed by atoms with Crippen LogP contribution >= 0.6 is 0 Å². The number of carbonyl (C=O) groups is 2. The first kappa shape index (κ1) is 15.4. The molecule has 0 aromatic heterocycles. The summed E-state index contributed by atoms with van der Waals surface area (Å²) in [4.78, 5) is 23.0. The minimum atomic E-state index is -0.505. The van der Waals surface area contributed by atoms with Crippen molar-refractivity contribution in [2.45, 2.75) is 39.3 Å². The van der Waals surface area contributed by atoms with Crippen LogP contribution in [0.25, 0.3) is 0 Å². The van der Waals surface area contributed by atoms with Gasteiger partial charge in [0.15, 0.2) is 0 Å². The number of nitrogens with one attached hydrogen (secondary N) is 1. The lowest BCUT2D eigenvalue weighted by Crippen LogP contribution is -2.39. The number of ether oxygens (including phenoxy) is 1. The molecule has 1 aromatic rings. The standard InChI is InChI=1S/C15H21NO3/c1-4-19-15(18)10-14(12(3)17)16-11(2)13-8-6-5-7-9-13/h5-9,11,14,16H,4,10H2,1-3H3. The summed E-state index contributed by atoms with van der Waals surface area (Å²) in [5.74, 6) is -0.411. The second-order valence-electron chi connectivity index (χ2n) is 4.47. The molecular weight excluding hydrogens is 242 g/mol. The maximum atomic E-state index is 11.6. The molecule has 0 heterocycles. The van der Waals surface area contributed by atoms with Gasteiger partial charge in [0, 0.05) is 6.04 Å². The highest BCUT2D eigenvalue weighted by Crippen LogP contribution is 2.13. The van der Waals surface area contributed by atoms with Gasteiger partial charge >= 0.3 is 5.97 Å². The van der Waals surface area contributed by atoms with Crippen LogP contribution in [0.15, 0.2) is 30.3 Å². The lowest BCUT2D eigenvalue weighted by Gasteiger charge is -2.21. The van der Waals surface area contributed by atoms with Gasteiger partial charge in [0.2, 0.25) is 0 Å². The summed E-state index contributed by atoms with van der Waals surface area (Å²) >= 11 is 0. The lowest BCUT2D eigenvalue weighted by molar-refractivity contribution is -0.145. The van der Waals surface area contributed by atoms with E-state index < -0.39 is 6.04 Å². The van der Waals surface area contributed by atoms with Crippen molar-refractivity contribution in [1.29, 1.82) is 0 Å². The Hall–Kier alpha value is -1.68. The van der Waals surface area contributed by atoms with Gasteiger partial charge < -0.3 is 10.1 Å². The minimum Gasteiger partial charge on any atom is -0.466 e. The van der Waals surface area contributed by atoms with Crippen molar-refractivity contribution < 1.29 is 14.3 Å². The highest BCUT2D eigenvalue weighted by molar-refractivity contribution is 5.86. The highest BCUT2D eigenvalue weighted by Gasteiger charge is 2.21. The number of esters is 1. The zero-order valence-corrected chi connectivity index (χ0v) is 11.7. The fraction of sp³-hybridized carbons (Fsp3) is 0.467. The van der Waals surface area contributed by atoms with Gasteiger partial charge in [0.25, 0.3) is 0 Å². The molecule has 4 heteroatoms. The number of hydrogen-bond donors (Lipinski definition) is 1. The van der Waals surface area contributed by atoms with Crippen LogP contribution in [0.1, 0.15) is 38.8 Å². The van der Waals surface area contributed by atoms with E-state index in [0.29, 0.717) is 6.61 Å². The molecule has 0 fully saturated rings. The molecule has 4 nitrogen and oxygen atoms in total. The minimum absolute atomic E-state index is 0.00419. The summed E-state index contributed by atoms with van der Waals surface area (Å²) in [7, 11) is 0. The van der Waals surface area contributed by atoms with Gasteiger partial charge in [-0.2, -0.15) is 0 Å². The van der Waals surface area contributed by atoms with Gasteiger partial charge in [-0.3, -0.25) is 9.59 Å². The first-order valence-corrected chi connectivity index (χ1v) is 6.51.